The van der Waals surface area contributed by atoms with Gasteiger partial charge in [-0.3, -0.25) is 0 Å². The third kappa shape index (κ3) is 2.51. The highest BCUT2D eigenvalue weighted by Crippen LogP contribution is 2.27. The van der Waals surface area contributed by atoms with Gasteiger partial charge in [0.1, 0.15) is 0 Å². The highest BCUT2D eigenvalue weighted by molar-refractivity contribution is 6.30. The van der Waals surface area contributed by atoms with E-state index < -0.39 is 0 Å². The molecule has 17 heavy (non-hydrogen) atoms. The Morgan fingerprint density at radius 2 is 2.18 bits per heavy atom. The monoisotopic (exact) mass is 250 g/mol. The summed E-state index contributed by atoms with van der Waals surface area (Å²) < 4.78 is 5.73. The lowest BCUT2D eigenvalue weighted by Crippen LogP contribution is -2.12. The molecule has 0 aliphatic rings. The van der Waals surface area contributed by atoms with Crippen molar-refractivity contribution in [3.8, 4) is 11.3 Å². The zero-order chi connectivity index (χ0) is 12.4. The molecule has 2 rings (SSSR count). The lowest BCUT2D eigenvalue weighted by molar-refractivity contribution is 0.441. The molecule has 0 amide bonds. The van der Waals surface area contributed by atoms with Gasteiger partial charge in [0.05, 0.1) is 12.2 Å². The molecular weight excluding hydrogens is 236 g/mol. The van der Waals surface area contributed by atoms with Gasteiger partial charge in [0.2, 0.25) is 5.89 Å². The van der Waals surface area contributed by atoms with Gasteiger partial charge in [-0.25, -0.2) is 4.98 Å². The van der Waals surface area contributed by atoms with E-state index in [1.165, 1.54) is 0 Å². The number of rotatable bonds is 3. The number of hydrogen-bond acceptors (Lipinski definition) is 3. The van der Waals surface area contributed by atoms with Crippen molar-refractivity contribution in [1.82, 2.24) is 10.3 Å². The average Bonchev–Trinajstić information content (AvgIpc) is 2.77. The molecule has 0 aliphatic carbocycles. The maximum atomic E-state index is 5.93. The molecule has 0 saturated heterocycles. The van der Waals surface area contributed by atoms with Crippen LogP contribution in [-0.2, 0) is 0 Å². The molecule has 0 radical (unpaired) electrons. The highest BCUT2D eigenvalue weighted by Gasteiger charge is 2.12. The Morgan fingerprint density at radius 3 is 2.82 bits per heavy atom. The van der Waals surface area contributed by atoms with Crippen molar-refractivity contribution in [1.29, 1.82) is 0 Å². The Labute approximate surface area is 106 Å². The van der Waals surface area contributed by atoms with Crippen molar-refractivity contribution in [2.24, 2.45) is 0 Å². The summed E-state index contributed by atoms with van der Waals surface area (Å²) in [6, 6.07) is 5.83. The van der Waals surface area contributed by atoms with Gasteiger partial charge in [-0.05, 0) is 44.7 Å². The number of aromatic nitrogens is 1. The highest BCUT2D eigenvalue weighted by atomic mass is 35.5. The normalized spacial score (nSPS) is 12.7. The number of nitrogens with zero attached hydrogens (tertiary/aromatic N) is 1. The maximum Gasteiger partial charge on any atom is 0.211 e. The smallest absolute Gasteiger partial charge is 0.211 e. The van der Waals surface area contributed by atoms with Crippen LogP contribution in [0.15, 0.2) is 28.8 Å². The molecule has 0 aliphatic heterocycles. The number of nitrogens with one attached hydrogen (secondary N) is 1. The number of halogens is 1. The summed E-state index contributed by atoms with van der Waals surface area (Å²) in [6.45, 7) is 4.01. The van der Waals surface area contributed by atoms with Crippen LogP contribution < -0.4 is 5.32 Å². The van der Waals surface area contributed by atoms with E-state index in [2.05, 4.69) is 10.3 Å². The quantitative estimate of drug-likeness (QED) is 0.905. The lowest BCUT2D eigenvalue weighted by atomic mass is 10.1. The minimum Gasteiger partial charge on any atom is -0.439 e. The van der Waals surface area contributed by atoms with Gasteiger partial charge in [-0.1, -0.05) is 11.6 Å². The topological polar surface area (TPSA) is 38.1 Å². The summed E-state index contributed by atoms with van der Waals surface area (Å²) in [5.41, 5.74) is 2.11. The maximum absolute atomic E-state index is 5.93. The van der Waals surface area contributed by atoms with Gasteiger partial charge in [-0.2, -0.15) is 0 Å². The molecule has 0 fully saturated rings. The second kappa shape index (κ2) is 4.90. The molecule has 0 bridgehead atoms. The zero-order valence-corrected chi connectivity index (χ0v) is 10.9. The third-order valence-corrected chi connectivity index (χ3v) is 3.02. The molecule has 1 heterocycles. The molecule has 1 unspecified atom stereocenters. The molecule has 4 heteroatoms. The molecule has 2 aromatic rings. The van der Waals surface area contributed by atoms with Crippen molar-refractivity contribution in [2.75, 3.05) is 7.05 Å². The fraction of sp³-hybridized carbons (Fsp3) is 0.308. The first-order valence-corrected chi connectivity index (χ1v) is 5.89. The van der Waals surface area contributed by atoms with Gasteiger partial charge in [0.15, 0.2) is 5.76 Å². The predicted molar refractivity (Wildman–Crippen MR) is 69.2 cm³/mol. The minimum absolute atomic E-state index is 0.108. The number of hydrogen-bond donors (Lipinski definition) is 1. The van der Waals surface area contributed by atoms with E-state index in [9.17, 15) is 0 Å². The summed E-state index contributed by atoms with van der Waals surface area (Å²) in [7, 11) is 1.88. The van der Waals surface area contributed by atoms with Crippen molar-refractivity contribution >= 4 is 11.6 Å². The van der Waals surface area contributed by atoms with Crippen LogP contribution in [0.2, 0.25) is 5.02 Å². The van der Waals surface area contributed by atoms with Crippen LogP contribution in [0.1, 0.15) is 24.4 Å². The Bertz CT molecular complexity index is 522. The number of oxazole rings is 1. The second-order valence-corrected chi connectivity index (χ2v) is 4.47. The average molecular weight is 251 g/mol. The molecular formula is C13H15ClN2O. The Morgan fingerprint density at radius 1 is 1.41 bits per heavy atom. The van der Waals surface area contributed by atoms with Crippen LogP contribution in [-0.4, -0.2) is 12.0 Å². The molecule has 1 N–H and O–H groups in total. The van der Waals surface area contributed by atoms with Crippen LogP contribution in [0, 0.1) is 6.92 Å². The van der Waals surface area contributed by atoms with E-state index >= 15 is 0 Å². The van der Waals surface area contributed by atoms with Gasteiger partial charge >= 0.3 is 0 Å². The van der Waals surface area contributed by atoms with Crippen molar-refractivity contribution in [3.63, 3.8) is 0 Å². The van der Waals surface area contributed by atoms with E-state index in [0.29, 0.717) is 5.89 Å². The molecule has 1 atom stereocenters. The Hall–Kier alpha value is -1.32. The van der Waals surface area contributed by atoms with Gasteiger partial charge in [0.25, 0.3) is 0 Å². The number of benzene rings is 1. The summed E-state index contributed by atoms with van der Waals surface area (Å²) in [4.78, 5) is 4.26. The van der Waals surface area contributed by atoms with Crippen LogP contribution in [0.4, 0.5) is 0 Å². The summed E-state index contributed by atoms with van der Waals surface area (Å²) in [6.07, 6.45) is 1.75. The zero-order valence-electron chi connectivity index (χ0n) is 10.1. The van der Waals surface area contributed by atoms with Crippen molar-refractivity contribution in [3.05, 3.63) is 40.9 Å². The van der Waals surface area contributed by atoms with Crippen LogP contribution in [0.25, 0.3) is 11.3 Å². The molecule has 1 aromatic heterocycles. The summed E-state index contributed by atoms with van der Waals surface area (Å²) in [5, 5.41) is 3.82. The Kier molecular flexibility index (Phi) is 3.50. The second-order valence-electron chi connectivity index (χ2n) is 4.03. The first-order valence-electron chi connectivity index (χ1n) is 5.51. The van der Waals surface area contributed by atoms with E-state index in [4.69, 9.17) is 16.0 Å². The van der Waals surface area contributed by atoms with Crippen molar-refractivity contribution in [2.45, 2.75) is 19.9 Å². The van der Waals surface area contributed by atoms with E-state index in [1.807, 2.05) is 39.1 Å². The molecule has 1 aromatic carbocycles. The SMILES string of the molecule is CNC(C)c1ncc(-c2ccc(Cl)cc2C)o1. The molecule has 3 nitrogen and oxygen atoms in total. The Balaban J connectivity index is 2.37. The summed E-state index contributed by atoms with van der Waals surface area (Å²) in [5.74, 6) is 1.47. The largest absolute Gasteiger partial charge is 0.439 e. The van der Waals surface area contributed by atoms with Gasteiger partial charge in [0, 0.05) is 10.6 Å². The molecule has 90 valence electrons. The standard InChI is InChI=1S/C13H15ClN2O/c1-8-6-10(14)4-5-11(8)12-7-16-13(17-12)9(2)15-3/h4-7,9,15H,1-3H3. The fourth-order valence-corrected chi connectivity index (χ4v) is 1.87. The fourth-order valence-electron chi connectivity index (χ4n) is 1.64. The first-order chi connectivity index (χ1) is 8.11. The molecule has 0 spiro atoms. The van der Waals surface area contributed by atoms with E-state index in [-0.39, 0.29) is 6.04 Å². The van der Waals surface area contributed by atoms with Gasteiger partial charge in [-0.15, -0.1) is 0 Å². The predicted octanol–water partition coefficient (Wildman–Crippen LogP) is 3.58. The van der Waals surface area contributed by atoms with Crippen LogP contribution in [0.5, 0.6) is 0 Å². The lowest BCUT2D eigenvalue weighted by Gasteiger charge is -2.05. The number of aryl methyl sites for hydroxylation is 1. The summed E-state index contributed by atoms with van der Waals surface area (Å²) >= 11 is 5.93. The third-order valence-electron chi connectivity index (χ3n) is 2.78. The minimum atomic E-state index is 0.108. The first kappa shape index (κ1) is 12.1. The van der Waals surface area contributed by atoms with Crippen LogP contribution in [0.3, 0.4) is 0 Å². The van der Waals surface area contributed by atoms with Gasteiger partial charge < -0.3 is 9.73 Å². The van der Waals surface area contributed by atoms with Crippen LogP contribution >= 0.6 is 11.6 Å². The van der Waals surface area contributed by atoms with E-state index in [1.54, 1.807) is 6.20 Å². The van der Waals surface area contributed by atoms with E-state index in [0.717, 1.165) is 21.9 Å². The molecule has 0 saturated carbocycles. The van der Waals surface area contributed by atoms with Crippen molar-refractivity contribution < 1.29 is 4.42 Å².